The molecule has 2 atom stereocenters. The molecule has 1 saturated heterocycles. The van der Waals surface area contributed by atoms with Crippen LogP contribution >= 0.6 is 0 Å². The summed E-state index contributed by atoms with van der Waals surface area (Å²) in [6.07, 6.45) is 1.02. The minimum absolute atomic E-state index is 0.325. The molecule has 1 fully saturated rings. The van der Waals surface area contributed by atoms with Crippen LogP contribution in [0.3, 0.4) is 0 Å². The summed E-state index contributed by atoms with van der Waals surface area (Å²) in [4.78, 5) is 13.5. The first kappa shape index (κ1) is 18.9. The number of nitrogens with zero attached hydrogens (tertiary/aromatic N) is 2. The van der Waals surface area contributed by atoms with Crippen LogP contribution < -0.4 is 5.73 Å². The fourth-order valence-corrected chi connectivity index (χ4v) is 4.29. The van der Waals surface area contributed by atoms with E-state index in [0.717, 1.165) is 12.0 Å². The van der Waals surface area contributed by atoms with Crippen molar-refractivity contribution in [2.45, 2.75) is 44.0 Å². The molecule has 1 heterocycles. The van der Waals surface area contributed by atoms with Crippen molar-refractivity contribution in [3.63, 3.8) is 0 Å². The van der Waals surface area contributed by atoms with Crippen LogP contribution in [0.4, 0.5) is 0 Å². The van der Waals surface area contributed by atoms with E-state index >= 15 is 0 Å². The summed E-state index contributed by atoms with van der Waals surface area (Å²) in [5.74, 6) is 0.0347. The summed E-state index contributed by atoms with van der Waals surface area (Å²) < 4.78 is 27.0. The minimum Gasteiger partial charge on any atom is -0.368 e. The number of carbonyl (C=O) groups is 1. The number of hydrogen-bond donors (Lipinski definition) is 1. The normalized spacial score (nSPS) is 19.8. The van der Waals surface area contributed by atoms with E-state index in [0.29, 0.717) is 37.0 Å². The molecule has 0 unspecified atom stereocenters. The van der Waals surface area contributed by atoms with Crippen LogP contribution in [0.1, 0.15) is 38.7 Å². The van der Waals surface area contributed by atoms with Gasteiger partial charge in [0.05, 0.1) is 10.9 Å². The average Bonchev–Trinajstić information content (AvgIpc) is 2.60. The molecule has 0 aromatic heterocycles. The first-order valence-corrected chi connectivity index (χ1v) is 9.84. The van der Waals surface area contributed by atoms with Crippen LogP contribution in [0.5, 0.6) is 0 Å². The maximum absolute atomic E-state index is 12.8. The van der Waals surface area contributed by atoms with Crippen molar-refractivity contribution in [2.24, 2.45) is 5.73 Å². The summed E-state index contributed by atoms with van der Waals surface area (Å²) >= 11 is 0. The zero-order chi connectivity index (χ0) is 17.9. The van der Waals surface area contributed by atoms with Crippen LogP contribution in [-0.2, 0) is 14.8 Å². The quantitative estimate of drug-likeness (QED) is 0.837. The number of carbonyl (C=O) groups excluding carboxylic acids is 1. The van der Waals surface area contributed by atoms with Crippen LogP contribution in [0.25, 0.3) is 0 Å². The van der Waals surface area contributed by atoms with Gasteiger partial charge in [-0.1, -0.05) is 26.0 Å². The van der Waals surface area contributed by atoms with E-state index in [-0.39, 0.29) is 11.9 Å². The molecule has 2 N–H and O–H groups in total. The molecule has 0 saturated carbocycles. The van der Waals surface area contributed by atoms with Gasteiger partial charge in [-0.3, -0.25) is 9.69 Å². The van der Waals surface area contributed by atoms with Gasteiger partial charge in [0.2, 0.25) is 15.9 Å². The van der Waals surface area contributed by atoms with Gasteiger partial charge in [0.25, 0.3) is 0 Å². The van der Waals surface area contributed by atoms with Crippen molar-refractivity contribution in [1.29, 1.82) is 0 Å². The Balaban J connectivity index is 2.08. The molecule has 134 valence electrons. The largest absolute Gasteiger partial charge is 0.368 e. The Morgan fingerprint density at radius 2 is 1.67 bits per heavy atom. The van der Waals surface area contributed by atoms with Gasteiger partial charge in [0, 0.05) is 26.2 Å². The fourth-order valence-electron chi connectivity index (χ4n) is 2.86. The van der Waals surface area contributed by atoms with Gasteiger partial charge in [-0.2, -0.15) is 4.31 Å². The third-order valence-corrected chi connectivity index (χ3v) is 6.84. The molecule has 1 amide bonds. The van der Waals surface area contributed by atoms with Crippen LogP contribution in [-0.4, -0.2) is 55.8 Å². The first-order valence-electron chi connectivity index (χ1n) is 8.40. The SMILES string of the molecule is CC[C@@H](C)c1ccc(S(=O)(=O)N2CCN([C@H](C)C(N)=O)CC2)cc1. The van der Waals surface area contributed by atoms with Crippen molar-refractivity contribution < 1.29 is 13.2 Å². The molecular weight excluding hydrogens is 326 g/mol. The van der Waals surface area contributed by atoms with E-state index in [1.165, 1.54) is 4.31 Å². The van der Waals surface area contributed by atoms with Crippen LogP contribution in [0.15, 0.2) is 29.2 Å². The zero-order valence-electron chi connectivity index (χ0n) is 14.6. The Hall–Kier alpha value is -1.44. The predicted octanol–water partition coefficient (Wildman–Crippen LogP) is 1.38. The van der Waals surface area contributed by atoms with E-state index in [1.54, 1.807) is 19.1 Å². The second-order valence-corrected chi connectivity index (χ2v) is 8.33. The van der Waals surface area contributed by atoms with E-state index in [2.05, 4.69) is 13.8 Å². The topological polar surface area (TPSA) is 83.7 Å². The Kier molecular flexibility index (Phi) is 6.01. The highest BCUT2D eigenvalue weighted by Gasteiger charge is 2.31. The number of sulfonamides is 1. The lowest BCUT2D eigenvalue weighted by Gasteiger charge is -2.36. The highest BCUT2D eigenvalue weighted by molar-refractivity contribution is 7.89. The molecule has 1 aromatic rings. The van der Waals surface area contributed by atoms with E-state index in [4.69, 9.17) is 5.73 Å². The highest BCUT2D eigenvalue weighted by atomic mass is 32.2. The second kappa shape index (κ2) is 7.63. The maximum Gasteiger partial charge on any atom is 0.243 e. The number of benzene rings is 1. The van der Waals surface area contributed by atoms with E-state index < -0.39 is 10.0 Å². The summed E-state index contributed by atoms with van der Waals surface area (Å²) in [7, 11) is -3.49. The molecule has 1 aliphatic rings. The van der Waals surface area contributed by atoms with Crippen LogP contribution in [0, 0.1) is 0 Å². The van der Waals surface area contributed by atoms with E-state index in [9.17, 15) is 13.2 Å². The molecular formula is C17H27N3O3S. The van der Waals surface area contributed by atoms with Crippen molar-refractivity contribution in [3.05, 3.63) is 29.8 Å². The molecule has 7 heteroatoms. The smallest absolute Gasteiger partial charge is 0.243 e. The lowest BCUT2D eigenvalue weighted by Crippen LogP contribution is -2.54. The third kappa shape index (κ3) is 3.96. The van der Waals surface area contributed by atoms with Gasteiger partial charge in [0.1, 0.15) is 0 Å². The number of piperazine rings is 1. The molecule has 6 nitrogen and oxygen atoms in total. The van der Waals surface area contributed by atoms with Gasteiger partial charge < -0.3 is 5.73 Å². The number of hydrogen-bond acceptors (Lipinski definition) is 4. The summed E-state index contributed by atoms with van der Waals surface area (Å²) in [5.41, 5.74) is 6.47. The van der Waals surface area contributed by atoms with Crippen molar-refractivity contribution >= 4 is 15.9 Å². The van der Waals surface area contributed by atoms with Gasteiger partial charge in [-0.15, -0.1) is 0 Å². The Morgan fingerprint density at radius 3 is 2.12 bits per heavy atom. The molecule has 0 aliphatic carbocycles. The third-order valence-electron chi connectivity index (χ3n) is 4.93. The first-order chi connectivity index (χ1) is 11.3. The Morgan fingerprint density at radius 1 is 1.12 bits per heavy atom. The minimum atomic E-state index is -3.49. The molecule has 24 heavy (non-hydrogen) atoms. The number of rotatable bonds is 6. The van der Waals surface area contributed by atoms with Gasteiger partial charge in [-0.25, -0.2) is 8.42 Å². The lowest BCUT2D eigenvalue weighted by atomic mass is 9.99. The highest BCUT2D eigenvalue weighted by Crippen LogP contribution is 2.23. The van der Waals surface area contributed by atoms with Gasteiger partial charge in [0.15, 0.2) is 0 Å². The summed E-state index contributed by atoms with van der Waals surface area (Å²) in [6.45, 7) is 7.74. The molecule has 2 rings (SSSR count). The van der Waals surface area contributed by atoms with Gasteiger partial charge >= 0.3 is 0 Å². The van der Waals surface area contributed by atoms with E-state index in [1.807, 2.05) is 17.0 Å². The molecule has 0 bridgehead atoms. The average molecular weight is 353 g/mol. The zero-order valence-corrected chi connectivity index (χ0v) is 15.4. The summed E-state index contributed by atoms with van der Waals surface area (Å²) in [5, 5.41) is 0. The molecule has 1 aromatic carbocycles. The fraction of sp³-hybridized carbons (Fsp3) is 0.588. The van der Waals surface area contributed by atoms with Crippen LogP contribution in [0.2, 0.25) is 0 Å². The number of nitrogens with two attached hydrogens (primary N) is 1. The predicted molar refractivity (Wildman–Crippen MR) is 94.1 cm³/mol. The lowest BCUT2D eigenvalue weighted by molar-refractivity contribution is -0.123. The number of amides is 1. The molecule has 1 aliphatic heterocycles. The molecule has 0 spiro atoms. The summed E-state index contributed by atoms with van der Waals surface area (Å²) in [6, 6.07) is 6.80. The molecule has 0 radical (unpaired) electrons. The Labute approximate surface area is 144 Å². The van der Waals surface area contributed by atoms with Crippen molar-refractivity contribution in [2.75, 3.05) is 26.2 Å². The Bertz CT molecular complexity index is 665. The maximum atomic E-state index is 12.8. The van der Waals surface area contributed by atoms with Crippen molar-refractivity contribution in [3.8, 4) is 0 Å². The standard InChI is InChI=1S/C17H27N3O3S/c1-4-13(2)15-5-7-16(8-6-15)24(22,23)20-11-9-19(10-12-20)14(3)17(18)21/h5-8,13-14H,4,9-12H2,1-3H3,(H2,18,21)/t13-,14-/m1/s1. The number of primary amides is 1. The monoisotopic (exact) mass is 353 g/mol. The van der Waals surface area contributed by atoms with Gasteiger partial charge in [-0.05, 0) is 37.0 Å². The second-order valence-electron chi connectivity index (χ2n) is 6.40. The van der Waals surface area contributed by atoms with Crippen molar-refractivity contribution in [1.82, 2.24) is 9.21 Å².